The van der Waals surface area contributed by atoms with Crippen molar-refractivity contribution in [2.75, 3.05) is 5.32 Å². The van der Waals surface area contributed by atoms with Gasteiger partial charge in [0.15, 0.2) is 5.82 Å². The highest BCUT2D eigenvalue weighted by Crippen LogP contribution is 2.42. The van der Waals surface area contributed by atoms with Crippen molar-refractivity contribution in [1.29, 1.82) is 0 Å². The minimum absolute atomic E-state index is 0.149. The van der Waals surface area contributed by atoms with Gasteiger partial charge < -0.3 is 10.1 Å². The number of hydrogen-bond donors (Lipinski definition) is 2. The van der Waals surface area contributed by atoms with Crippen LogP contribution < -0.4 is 5.32 Å². The van der Waals surface area contributed by atoms with Gasteiger partial charge in [-0.25, -0.2) is 4.39 Å². The summed E-state index contributed by atoms with van der Waals surface area (Å²) in [6.45, 7) is 14.6. The third-order valence-electron chi connectivity index (χ3n) is 7.06. The van der Waals surface area contributed by atoms with Gasteiger partial charge >= 0.3 is 0 Å². The summed E-state index contributed by atoms with van der Waals surface area (Å²) >= 11 is 3.83. The molecule has 0 spiro atoms. The first-order chi connectivity index (χ1) is 18.0. The zero-order valence-corrected chi connectivity index (χ0v) is 25.1. The average Bonchev–Trinajstić information content (AvgIpc) is 3.61. The molecule has 37 heavy (non-hydrogen) atoms. The summed E-state index contributed by atoms with van der Waals surface area (Å²) in [4.78, 5) is 0. The van der Waals surface area contributed by atoms with Crippen molar-refractivity contribution in [3.8, 4) is 0 Å². The van der Waals surface area contributed by atoms with Gasteiger partial charge in [-0.1, -0.05) is 72.7 Å². The monoisotopic (exact) mass is 531 g/mol. The van der Waals surface area contributed by atoms with E-state index in [9.17, 15) is 0 Å². The van der Waals surface area contributed by atoms with Gasteiger partial charge in [0.05, 0.1) is 11.4 Å². The van der Waals surface area contributed by atoms with Gasteiger partial charge in [-0.3, -0.25) is 5.10 Å². The third kappa shape index (κ3) is 9.24. The topological polar surface area (TPSA) is 49.9 Å². The molecule has 3 unspecified atom stereocenters. The fourth-order valence-electron chi connectivity index (χ4n) is 5.25. The van der Waals surface area contributed by atoms with Crippen LogP contribution in [0.5, 0.6) is 0 Å². The van der Waals surface area contributed by atoms with Crippen LogP contribution in [0.1, 0.15) is 116 Å². The summed E-state index contributed by atoms with van der Waals surface area (Å²) in [6.07, 6.45) is 11.6. The molecule has 6 heteroatoms. The number of allylic oxidation sites excluding steroid dienone is 2. The summed E-state index contributed by atoms with van der Waals surface area (Å²) in [5.41, 5.74) is 3.56. The fourth-order valence-corrected chi connectivity index (χ4v) is 5.25. The van der Waals surface area contributed by atoms with Crippen molar-refractivity contribution in [3.63, 3.8) is 0 Å². The number of halogens is 1. The Balaban J connectivity index is 0.00000163. The first kappa shape index (κ1) is 32.8. The Morgan fingerprint density at radius 2 is 1.95 bits per heavy atom. The van der Waals surface area contributed by atoms with E-state index in [0.29, 0.717) is 29.8 Å². The summed E-state index contributed by atoms with van der Waals surface area (Å²) in [5.74, 6) is 5.47. The normalized spacial score (nSPS) is 17.8. The van der Waals surface area contributed by atoms with E-state index in [1.165, 1.54) is 6.42 Å². The van der Waals surface area contributed by atoms with Crippen LogP contribution in [0.2, 0.25) is 0 Å². The van der Waals surface area contributed by atoms with E-state index in [1.807, 2.05) is 32.9 Å². The molecule has 3 rings (SSSR count). The van der Waals surface area contributed by atoms with E-state index < -0.39 is 0 Å². The number of aryl methyl sites for hydroxylation is 1. The van der Waals surface area contributed by atoms with E-state index in [-0.39, 0.29) is 11.9 Å². The smallest absolute Gasteiger partial charge is 0.152 e. The number of nitrogens with one attached hydrogen (secondary N) is 2. The number of H-pyrrole nitrogens is 1. The second kappa shape index (κ2) is 18.1. The molecule has 2 N–H and O–H groups in total. The molecule has 1 heterocycles. The number of aromatic amines is 1. The Hall–Kier alpha value is -2.21. The van der Waals surface area contributed by atoms with Crippen LogP contribution in [-0.4, -0.2) is 22.2 Å². The summed E-state index contributed by atoms with van der Waals surface area (Å²) in [7, 11) is 0. The van der Waals surface area contributed by atoms with Crippen molar-refractivity contribution in [2.24, 2.45) is 5.92 Å². The molecule has 2 aromatic rings. The molecule has 0 bridgehead atoms. The molecule has 208 valence electrons. The molecule has 0 saturated heterocycles. The van der Waals surface area contributed by atoms with E-state index in [4.69, 9.17) is 4.74 Å². The standard InChI is InChI=1S/C28H42FN3O.C2H6.CH2S/c1-6-11-19-15-16-24(28(29)23(19)10-5)30-27-18-25(31-32-27)20-13-14-21(17-20)26(12-7-2)33-22(8-3)9-4;2*1-2/h8,15-16,18,20-21,26H,6-7,9-14,17H2,1-5H3,(H2,30,31,32);1-2H3;1H2/b22-8-;;. The first-order valence-corrected chi connectivity index (χ1v) is 14.8. The Labute approximate surface area is 230 Å². The summed E-state index contributed by atoms with van der Waals surface area (Å²) < 4.78 is 21.5. The van der Waals surface area contributed by atoms with Crippen molar-refractivity contribution in [2.45, 2.75) is 118 Å². The maximum atomic E-state index is 15.1. The van der Waals surface area contributed by atoms with Gasteiger partial charge in [0, 0.05) is 24.1 Å². The molecule has 1 saturated carbocycles. The number of thiocarbonyl (C=S) groups is 1. The number of ether oxygens (including phenoxy) is 1. The van der Waals surface area contributed by atoms with Crippen molar-refractivity contribution >= 4 is 29.6 Å². The van der Waals surface area contributed by atoms with Crippen LogP contribution in [-0.2, 0) is 17.6 Å². The zero-order chi connectivity index (χ0) is 27.8. The van der Waals surface area contributed by atoms with E-state index >= 15 is 4.39 Å². The van der Waals surface area contributed by atoms with Crippen LogP contribution in [0.25, 0.3) is 0 Å². The maximum Gasteiger partial charge on any atom is 0.152 e. The summed E-state index contributed by atoms with van der Waals surface area (Å²) in [5, 5.41) is 10.9. The molecule has 1 fully saturated rings. The molecular weight excluding hydrogens is 481 g/mol. The number of anilines is 2. The van der Waals surface area contributed by atoms with E-state index in [0.717, 1.165) is 67.5 Å². The first-order valence-electron chi connectivity index (χ1n) is 14.3. The van der Waals surface area contributed by atoms with E-state index in [2.05, 4.69) is 73.4 Å². The van der Waals surface area contributed by atoms with E-state index in [1.54, 1.807) is 0 Å². The van der Waals surface area contributed by atoms with Crippen molar-refractivity contribution < 1.29 is 9.13 Å². The second-order valence-electron chi connectivity index (χ2n) is 9.33. The summed E-state index contributed by atoms with van der Waals surface area (Å²) in [6, 6.07) is 5.95. The molecule has 0 aliphatic heterocycles. The minimum Gasteiger partial charge on any atom is -0.495 e. The van der Waals surface area contributed by atoms with Crippen molar-refractivity contribution in [3.05, 3.63) is 52.7 Å². The van der Waals surface area contributed by atoms with Gasteiger partial charge in [-0.15, -0.1) is 0 Å². The SMILES string of the molecule is C/C=C(/CC)OC(CCC)C1CCC(c2cc(Nc3ccc(CCC)c(CC)c3F)n[nH]2)C1.C=S.CC. The Morgan fingerprint density at radius 1 is 1.22 bits per heavy atom. The molecule has 1 aromatic heterocycles. The predicted octanol–water partition coefficient (Wildman–Crippen LogP) is 9.83. The fraction of sp³-hybridized carbons (Fsp3) is 0.613. The number of nitrogens with zero attached hydrogens (tertiary/aromatic N) is 1. The molecule has 1 aliphatic rings. The van der Waals surface area contributed by atoms with Crippen LogP contribution in [0.3, 0.4) is 0 Å². The van der Waals surface area contributed by atoms with Gasteiger partial charge in [0.1, 0.15) is 11.9 Å². The number of rotatable bonds is 12. The molecule has 4 nitrogen and oxygen atoms in total. The predicted molar refractivity (Wildman–Crippen MR) is 162 cm³/mol. The Bertz CT molecular complexity index is 943. The molecule has 0 radical (unpaired) electrons. The maximum absolute atomic E-state index is 15.1. The van der Waals surface area contributed by atoms with Gasteiger partial charge in [-0.05, 0) is 80.5 Å². The average molecular weight is 532 g/mol. The number of hydrogen-bond acceptors (Lipinski definition) is 4. The van der Waals surface area contributed by atoms with Gasteiger partial charge in [0.2, 0.25) is 0 Å². The second-order valence-corrected chi connectivity index (χ2v) is 9.33. The molecular formula is C31H50FN3OS. The van der Waals surface area contributed by atoms with Crippen LogP contribution in [0.15, 0.2) is 30.0 Å². The lowest BCUT2D eigenvalue weighted by Crippen LogP contribution is -2.22. The Morgan fingerprint density at radius 3 is 2.54 bits per heavy atom. The molecule has 3 atom stereocenters. The quantitative estimate of drug-likeness (QED) is 0.211. The van der Waals surface area contributed by atoms with Crippen LogP contribution >= 0.6 is 12.2 Å². The molecule has 1 aromatic carbocycles. The number of aromatic nitrogens is 2. The Kier molecular flexibility index (Phi) is 16.1. The van der Waals surface area contributed by atoms with Gasteiger partial charge in [0.25, 0.3) is 0 Å². The highest BCUT2D eigenvalue weighted by atomic mass is 32.1. The lowest BCUT2D eigenvalue weighted by atomic mass is 9.94. The zero-order valence-electron chi connectivity index (χ0n) is 24.3. The molecule has 0 amide bonds. The number of benzene rings is 1. The lowest BCUT2D eigenvalue weighted by molar-refractivity contribution is 0.0535. The van der Waals surface area contributed by atoms with Crippen molar-refractivity contribution in [1.82, 2.24) is 10.2 Å². The third-order valence-corrected chi connectivity index (χ3v) is 7.06. The highest BCUT2D eigenvalue weighted by Gasteiger charge is 2.33. The van der Waals surface area contributed by atoms with Crippen LogP contribution in [0.4, 0.5) is 15.9 Å². The van der Waals surface area contributed by atoms with Gasteiger partial charge in [-0.2, -0.15) is 5.10 Å². The van der Waals surface area contributed by atoms with Crippen LogP contribution in [0, 0.1) is 11.7 Å². The highest BCUT2D eigenvalue weighted by molar-refractivity contribution is 7.77. The minimum atomic E-state index is -0.149. The molecule has 1 aliphatic carbocycles. The largest absolute Gasteiger partial charge is 0.495 e. The lowest BCUT2D eigenvalue weighted by Gasteiger charge is -2.26.